The van der Waals surface area contributed by atoms with E-state index in [1.54, 1.807) is 31.2 Å². The lowest BCUT2D eigenvalue weighted by atomic mass is 10.1. The van der Waals surface area contributed by atoms with Gasteiger partial charge in [0, 0.05) is 18.1 Å². The van der Waals surface area contributed by atoms with Crippen molar-refractivity contribution in [3.8, 4) is 5.75 Å². The fourth-order valence-corrected chi connectivity index (χ4v) is 5.78. The zero-order valence-corrected chi connectivity index (χ0v) is 24.1. The number of nitrogens with one attached hydrogen (secondary N) is 1. The Morgan fingerprint density at radius 1 is 1.00 bits per heavy atom. The van der Waals surface area contributed by atoms with Crippen LogP contribution >= 0.6 is 11.6 Å². The minimum absolute atomic E-state index is 0.00769. The third-order valence-corrected chi connectivity index (χ3v) is 8.24. The van der Waals surface area contributed by atoms with Gasteiger partial charge in [-0.25, -0.2) is 8.42 Å². The Balaban J connectivity index is 2.12. The third-order valence-electron chi connectivity index (χ3n) is 6.23. The summed E-state index contributed by atoms with van der Waals surface area (Å²) in [4.78, 5) is 28.4. The fourth-order valence-electron chi connectivity index (χ4n) is 4.20. The first-order chi connectivity index (χ1) is 18.6. The number of benzene rings is 3. The minimum Gasteiger partial charge on any atom is -0.495 e. The monoisotopic (exact) mass is 571 g/mol. The first kappa shape index (κ1) is 30.0. The van der Waals surface area contributed by atoms with Crippen molar-refractivity contribution in [2.75, 3.05) is 24.5 Å². The van der Waals surface area contributed by atoms with E-state index in [0.717, 1.165) is 15.4 Å². The molecule has 0 saturated carbocycles. The molecular weight excluding hydrogens is 538 g/mol. The van der Waals surface area contributed by atoms with Gasteiger partial charge in [-0.15, -0.1) is 0 Å². The van der Waals surface area contributed by atoms with Gasteiger partial charge in [-0.2, -0.15) is 0 Å². The van der Waals surface area contributed by atoms with Crippen LogP contribution in [0.3, 0.4) is 0 Å². The van der Waals surface area contributed by atoms with Gasteiger partial charge < -0.3 is 15.0 Å². The number of sulfonamides is 1. The highest BCUT2D eigenvalue weighted by Crippen LogP contribution is 2.35. The van der Waals surface area contributed by atoms with E-state index in [0.29, 0.717) is 13.0 Å². The molecule has 0 bridgehead atoms. The Bertz CT molecular complexity index is 1380. The quantitative estimate of drug-likeness (QED) is 0.337. The molecule has 39 heavy (non-hydrogen) atoms. The number of methoxy groups -OCH3 is 1. The molecule has 0 aliphatic heterocycles. The van der Waals surface area contributed by atoms with Crippen molar-refractivity contribution in [2.45, 2.75) is 44.7 Å². The van der Waals surface area contributed by atoms with Gasteiger partial charge in [-0.1, -0.05) is 66.6 Å². The van der Waals surface area contributed by atoms with Gasteiger partial charge in [-0.3, -0.25) is 13.9 Å². The number of aryl methyl sites for hydroxylation is 1. The molecule has 2 amide bonds. The summed E-state index contributed by atoms with van der Waals surface area (Å²) in [6.45, 7) is 5.42. The Kier molecular flexibility index (Phi) is 10.4. The molecular formula is C29H34ClN3O5S. The van der Waals surface area contributed by atoms with Crippen molar-refractivity contribution in [3.63, 3.8) is 0 Å². The highest BCUT2D eigenvalue weighted by molar-refractivity contribution is 7.92. The average molecular weight is 572 g/mol. The molecule has 8 nitrogen and oxygen atoms in total. The summed E-state index contributed by atoms with van der Waals surface area (Å²) in [7, 11) is -2.83. The topological polar surface area (TPSA) is 96.0 Å². The lowest BCUT2D eigenvalue weighted by molar-refractivity contribution is -0.140. The molecule has 0 aromatic heterocycles. The molecule has 208 valence electrons. The molecule has 0 radical (unpaired) electrons. The second-order valence-corrected chi connectivity index (χ2v) is 11.3. The van der Waals surface area contributed by atoms with Gasteiger partial charge in [0.1, 0.15) is 18.3 Å². The fraction of sp³-hybridized carbons (Fsp3) is 0.310. The number of anilines is 1. The molecule has 0 saturated heterocycles. The van der Waals surface area contributed by atoms with Crippen LogP contribution in [0.15, 0.2) is 77.7 Å². The smallest absolute Gasteiger partial charge is 0.264 e. The molecule has 0 aliphatic rings. The minimum atomic E-state index is -4.24. The number of halogens is 1. The number of carbonyl (C=O) groups is 2. The Hall–Kier alpha value is -3.56. The maximum atomic E-state index is 14.0. The number of nitrogens with zero attached hydrogens (tertiary/aromatic N) is 2. The summed E-state index contributed by atoms with van der Waals surface area (Å²) in [5, 5.41) is 3.06. The van der Waals surface area contributed by atoms with Crippen molar-refractivity contribution < 1.29 is 22.7 Å². The van der Waals surface area contributed by atoms with Crippen molar-refractivity contribution in [2.24, 2.45) is 0 Å². The van der Waals surface area contributed by atoms with E-state index in [-0.39, 0.29) is 33.8 Å². The van der Waals surface area contributed by atoms with Crippen molar-refractivity contribution in [1.29, 1.82) is 0 Å². The van der Waals surface area contributed by atoms with Gasteiger partial charge in [-0.05, 0) is 56.2 Å². The Morgan fingerprint density at radius 3 is 2.26 bits per heavy atom. The Morgan fingerprint density at radius 2 is 1.67 bits per heavy atom. The van der Waals surface area contributed by atoms with E-state index in [4.69, 9.17) is 16.3 Å². The van der Waals surface area contributed by atoms with E-state index in [1.165, 1.54) is 30.2 Å². The number of hydrogen-bond acceptors (Lipinski definition) is 5. The first-order valence-electron chi connectivity index (χ1n) is 12.7. The second kappa shape index (κ2) is 13.5. The van der Waals surface area contributed by atoms with Gasteiger partial charge in [0.2, 0.25) is 11.8 Å². The van der Waals surface area contributed by atoms with Crippen LogP contribution in [0.25, 0.3) is 0 Å². The van der Waals surface area contributed by atoms with Gasteiger partial charge in [0.15, 0.2) is 0 Å². The van der Waals surface area contributed by atoms with E-state index in [9.17, 15) is 18.0 Å². The van der Waals surface area contributed by atoms with Crippen LogP contribution < -0.4 is 14.4 Å². The van der Waals surface area contributed by atoms with Crippen molar-refractivity contribution in [3.05, 3.63) is 88.9 Å². The summed E-state index contributed by atoms with van der Waals surface area (Å²) < 4.78 is 34.4. The number of carbonyl (C=O) groups excluding carboxylic acids is 2. The number of likely N-dealkylation sites (N-methyl/N-ethyl adjacent to an activating group) is 1. The highest BCUT2D eigenvalue weighted by atomic mass is 35.5. The van der Waals surface area contributed by atoms with Crippen molar-refractivity contribution >= 4 is 39.1 Å². The molecule has 3 aromatic carbocycles. The standard InChI is InChI=1S/C29H34ClN3O5S/c1-5-25(29(35)31-6-2)32(19-22-10-8-7-9-11-22)28(34)20-33(26-18-23(30)14-17-27(26)38-4)39(36,37)24-15-12-21(3)13-16-24/h7-18,25H,5-6,19-20H2,1-4H3,(H,31,35)/t25-/m0/s1. The van der Waals surface area contributed by atoms with Gasteiger partial charge in [0.05, 0.1) is 17.7 Å². The van der Waals surface area contributed by atoms with E-state index in [1.807, 2.05) is 44.2 Å². The van der Waals surface area contributed by atoms with Crippen molar-refractivity contribution in [1.82, 2.24) is 10.2 Å². The molecule has 10 heteroatoms. The lowest BCUT2D eigenvalue weighted by Gasteiger charge is -2.33. The third kappa shape index (κ3) is 7.30. The van der Waals surface area contributed by atoms with Crippen LogP contribution in [0.2, 0.25) is 5.02 Å². The molecule has 3 rings (SSSR count). The molecule has 3 aromatic rings. The molecule has 0 heterocycles. The van der Waals surface area contributed by atoms with E-state index >= 15 is 0 Å². The summed E-state index contributed by atoms with van der Waals surface area (Å²) in [5.41, 5.74) is 1.81. The molecule has 0 fully saturated rings. The number of rotatable bonds is 12. The summed E-state index contributed by atoms with van der Waals surface area (Å²) in [6, 6.07) is 19.4. The van der Waals surface area contributed by atoms with Gasteiger partial charge in [0.25, 0.3) is 10.0 Å². The predicted octanol–water partition coefficient (Wildman–Crippen LogP) is 4.80. The van der Waals surface area contributed by atoms with Crippen LogP contribution in [0.4, 0.5) is 5.69 Å². The van der Waals surface area contributed by atoms with Crippen LogP contribution in [-0.2, 0) is 26.2 Å². The zero-order valence-electron chi connectivity index (χ0n) is 22.6. The first-order valence-corrected chi connectivity index (χ1v) is 14.5. The molecule has 0 unspecified atom stereocenters. The largest absolute Gasteiger partial charge is 0.495 e. The molecule has 1 atom stereocenters. The second-order valence-electron chi connectivity index (χ2n) is 8.97. The van der Waals surface area contributed by atoms with Crippen LogP contribution in [-0.4, -0.2) is 51.4 Å². The molecule has 0 spiro atoms. The SMILES string of the molecule is CCNC(=O)[C@H](CC)N(Cc1ccccc1)C(=O)CN(c1cc(Cl)ccc1OC)S(=O)(=O)c1ccc(C)cc1. The average Bonchev–Trinajstić information content (AvgIpc) is 2.92. The van der Waals surface area contributed by atoms with Crippen LogP contribution in [0.1, 0.15) is 31.4 Å². The zero-order chi connectivity index (χ0) is 28.6. The molecule has 0 aliphatic carbocycles. The Labute approximate surface area is 235 Å². The van der Waals surface area contributed by atoms with E-state index in [2.05, 4.69) is 5.32 Å². The maximum absolute atomic E-state index is 14.0. The summed E-state index contributed by atoms with van der Waals surface area (Å²) >= 11 is 6.27. The van der Waals surface area contributed by atoms with Gasteiger partial charge >= 0.3 is 0 Å². The number of ether oxygens (including phenoxy) is 1. The number of hydrogen-bond donors (Lipinski definition) is 1. The highest BCUT2D eigenvalue weighted by Gasteiger charge is 2.34. The number of amides is 2. The van der Waals surface area contributed by atoms with E-state index < -0.39 is 28.5 Å². The maximum Gasteiger partial charge on any atom is 0.264 e. The normalized spacial score (nSPS) is 11.9. The van der Waals surface area contributed by atoms with Crippen LogP contribution in [0.5, 0.6) is 5.75 Å². The lowest BCUT2D eigenvalue weighted by Crippen LogP contribution is -2.52. The summed E-state index contributed by atoms with van der Waals surface area (Å²) in [5.74, 6) is -0.625. The molecule has 1 N–H and O–H groups in total. The summed E-state index contributed by atoms with van der Waals surface area (Å²) in [6.07, 6.45) is 0.343. The predicted molar refractivity (Wildman–Crippen MR) is 153 cm³/mol. The van der Waals surface area contributed by atoms with Crippen LogP contribution in [0, 0.1) is 6.92 Å².